The minimum atomic E-state index is -0.0697. The van der Waals surface area contributed by atoms with Crippen LogP contribution < -0.4 is 29.6 Å². The van der Waals surface area contributed by atoms with Gasteiger partial charge < -0.3 is 29.6 Å². The molecule has 4 rings (SSSR count). The van der Waals surface area contributed by atoms with Crippen molar-refractivity contribution in [1.82, 2.24) is 5.32 Å². The summed E-state index contributed by atoms with van der Waals surface area (Å²) in [5.41, 5.74) is 0.704. The van der Waals surface area contributed by atoms with E-state index in [1.165, 1.54) is 0 Å². The van der Waals surface area contributed by atoms with Gasteiger partial charge in [-0.2, -0.15) is 0 Å². The number of rotatable bonds is 6. The van der Waals surface area contributed by atoms with Crippen molar-refractivity contribution < 1.29 is 23.7 Å². The molecule has 0 aromatic heterocycles. The molecule has 2 heterocycles. The largest absolute Gasteiger partial charge is 0.490 e. The van der Waals surface area contributed by atoms with Crippen LogP contribution in [-0.4, -0.2) is 44.9 Å². The molecule has 1 unspecified atom stereocenters. The zero-order valence-corrected chi connectivity index (χ0v) is 15.6. The van der Waals surface area contributed by atoms with Crippen LogP contribution in [0.15, 0.2) is 42.5 Å². The first kappa shape index (κ1) is 18.4. The molecule has 148 valence electrons. The molecule has 2 aromatic rings. The highest BCUT2D eigenvalue weighted by atomic mass is 16.6. The fraction of sp³-hybridized carbons (Fsp3) is 0.381. The van der Waals surface area contributed by atoms with Crippen LogP contribution in [0.25, 0.3) is 0 Å². The van der Waals surface area contributed by atoms with Crippen LogP contribution in [0.2, 0.25) is 0 Å². The molecule has 0 saturated carbocycles. The molecule has 0 bridgehead atoms. The number of ether oxygens (including phenoxy) is 4. The Hall–Kier alpha value is -2.93. The third kappa shape index (κ3) is 4.67. The molecule has 7 heteroatoms. The van der Waals surface area contributed by atoms with Gasteiger partial charge in [-0.3, -0.25) is 4.79 Å². The first-order valence-electron chi connectivity index (χ1n) is 9.56. The van der Waals surface area contributed by atoms with E-state index >= 15 is 0 Å². The predicted molar refractivity (Wildman–Crippen MR) is 105 cm³/mol. The topological polar surface area (TPSA) is 78.1 Å². The van der Waals surface area contributed by atoms with Gasteiger partial charge in [-0.05, 0) is 24.3 Å². The number of carbonyl (C=O) groups is 1. The number of nitrogens with one attached hydrogen (secondary N) is 2. The monoisotopic (exact) mass is 384 g/mol. The predicted octanol–water partition coefficient (Wildman–Crippen LogP) is 2.61. The maximum absolute atomic E-state index is 12.2. The van der Waals surface area contributed by atoms with Gasteiger partial charge in [0.05, 0.1) is 13.2 Å². The van der Waals surface area contributed by atoms with E-state index in [1.54, 1.807) is 6.07 Å². The Balaban J connectivity index is 1.19. The van der Waals surface area contributed by atoms with Gasteiger partial charge in [0.15, 0.2) is 23.0 Å². The highest BCUT2D eigenvalue weighted by Crippen LogP contribution is 2.32. The van der Waals surface area contributed by atoms with Gasteiger partial charge in [-0.25, -0.2) is 0 Å². The maximum atomic E-state index is 12.2. The summed E-state index contributed by atoms with van der Waals surface area (Å²) in [6, 6.07) is 13.1. The number of hydrogen-bond acceptors (Lipinski definition) is 6. The molecule has 1 atom stereocenters. The second kappa shape index (κ2) is 8.84. The lowest BCUT2D eigenvalue weighted by Crippen LogP contribution is -2.39. The molecule has 28 heavy (non-hydrogen) atoms. The van der Waals surface area contributed by atoms with E-state index in [2.05, 4.69) is 10.6 Å². The van der Waals surface area contributed by atoms with Crippen molar-refractivity contribution in [3.8, 4) is 23.0 Å². The van der Waals surface area contributed by atoms with E-state index in [1.807, 2.05) is 36.4 Å². The van der Waals surface area contributed by atoms with E-state index in [0.717, 1.165) is 17.9 Å². The summed E-state index contributed by atoms with van der Waals surface area (Å²) in [4.78, 5) is 12.2. The number of hydrogen-bond donors (Lipinski definition) is 2. The molecule has 7 nitrogen and oxygen atoms in total. The molecule has 1 amide bonds. The van der Waals surface area contributed by atoms with Crippen LogP contribution in [0.1, 0.15) is 12.8 Å². The Labute approximate surface area is 163 Å². The van der Waals surface area contributed by atoms with Crippen LogP contribution in [0, 0.1) is 0 Å². The fourth-order valence-corrected chi connectivity index (χ4v) is 3.09. The lowest BCUT2D eigenvalue weighted by molar-refractivity contribution is -0.116. The van der Waals surface area contributed by atoms with Crippen LogP contribution in [0.5, 0.6) is 23.0 Å². The Morgan fingerprint density at radius 2 is 1.75 bits per heavy atom. The summed E-state index contributed by atoms with van der Waals surface area (Å²) >= 11 is 0. The number of benzene rings is 2. The summed E-state index contributed by atoms with van der Waals surface area (Å²) in [5.74, 6) is 2.85. The Bertz CT molecular complexity index is 826. The van der Waals surface area contributed by atoms with Gasteiger partial charge in [0.2, 0.25) is 5.91 Å². The van der Waals surface area contributed by atoms with Crippen molar-refractivity contribution in [2.75, 3.05) is 38.2 Å². The Morgan fingerprint density at radius 1 is 0.964 bits per heavy atom. The van der Waals surface area contributed by atoms with Crippen LogP contribution in [0.3, 0.4) is 0 Å². The second-order valence-corrected chi connectivity index (χ2v) is 6.71. The quantitative estimate of drug-likeness (QED) is 0.746. The molecule has 2 aromatic carbocycles. The van der Waals surface area contributed by atoms with Crippen molar-refractivity contribution >= 4 is 11.6 Å². The molecule has 2 aliphatic rings. The molecule has 2 N–H and O–H groups in total. The summed E-state index contributed by atoms with van der Waals surface area (Å²) in [5, 5.41) is 6.14. The van der Waals surface area contributed by atoms with Gasteiger partial charge in [-0.1, -0.05) is 12.1 Å². The molecule has 0 radical (unpaired) electrons. The fourth-order valence-electron chi connectivity index (χ4n) is 3.09. The Morgan fingerprint density at radius 3 is 2.64 bits per heavy atom. The second-order valence-electron chi connectivity index (χ2n) is 6.71. The van der Waals surface area contributed by atoms with Gasteiger partial charge in [0, 0.05) is 37.7 Å². The molecular formula is C21H24N2O5. The first-order chi connectivity index (χ1) is 13.8. The first-order valence-corrected chi connectivity index (χ1v) is 9.56. The van der Waals surface area contributed by atoms with E-state index in [4.69, 9.17) is 18.9 Å². The molecular weight excluding hydrogens is 360 g/mol. The summed E-state index contributed by atoms with van der Waals surface area (Å²) in [6.07, 6.45) is 1.14. The zero-order valence-electron chi connectivity index (χ0n) is 15.6. The van der Waals surface area contributed by atoms with Crippen LogP contribution in [-0.2, 0) is 4.79 Å². The molecule has 0 saturated heterocycles. The highest BCUT2D eigenvalue weighted by molar-refractivity contribution is 5.91. The van der Waals surface area contributed by atoms with Crippen LogP contribution >= 0.6 is 0 Å². The smallest absolute Gasteiger partial charge is 0.225 e. The number of amides is 1. The van der Waals surface area contributed by atoms with E-state index in [-0.39, 0.29) is 12.0 Å². The number of carbonyl (C=O) groups excluding carboxylic acids is 1. The third-order valence-electron chi connectivity index (χ3n) is 4.50. The van der Waals surface area contributed by atoms with Crippen molar-refractivity contribution in [2.24, 2.45) is 0 Å². The minimum Gasteiger partial charge on any atom is -0.490 e. The van der Waals surface area contributed by atoms with E-state index < -0.39 is 0 Å². The van der Waals surface area contributed by atoms with Gasteiger partial charge in [0.1, 0.15) is 12.7 Å². The maximum Gasteiger partial charge on any atom is 0.225 e. The molecule has 2 aliphatic heterocycles. The third-order valence-corrected chi connectivity index (χ3v) is 4.50. The SMILES string of the molecule is O=C(CCNCC1COc2ccccc2O1)Nc1ccc2c(c1)OCCCO2. The molecule has 0 spiro atoms. The number of anilines is 1. The average molecular weight is 384 g/mol. The average Bonchev–Trinajstić information content (AvgIpc) is 2.96. The van der Waals surface area contributed by atoms with Gasteiger partial charge >= 0.3 is 0 Å². The lowest BCUT2D eigenvalue weighted by atomic mass is 10.2. The highest BCUT2D eigenvalue weighted by Gasteiger charge is 2.20. The number of para-hydroxylation sites is 2. The van der Waals surface area contributed by atoms with E-state index in [0.29, 0.717) is 56.5 Å². The summed E-state index contributed by atoms with van der Waals surface area (Å²) in [6.45, 7) is 2.92. The molecule has 0 aliphatic carbocycles. The van der Waals surface area contributed by atoms with Gasteiger partial charge in [-0.15, -0.1) is 0 Å². The zero-order chi connectivity index (χ0) is 19.2. The van der Waals surface area contributed by atoms with Crippen LogP contribution in [0.4, 0.5) is 5.69 Å². The summed E-state index contributed by atoms with van der Waals surface area (Å²) < 4.78 is 22.8. The Kier molecular flexibility index (Phi) is 5.82. The van der Waals surface area contributed by atoms with Crippen molar-refractivity contribution in [3.05, 3.63) is 42.5 Å². The van der Waals surface area contributed by atoms with Crippen molar-refractivity contribution in [3.63, 3.8) is 0 Å². The van der Waals surface area contributed by atoms with Gasteiger partial charge in [0.25, 0.3) is 0 Å². The minimum absolute atomic E-state index is 0.0619. The lowest BCUT2D eigenvalue weighted by Gasteiger charge is -2.26. The van der Waals surface area contributed by atoms with Crippen molar-refractivity contribution in [1.29, 1.82) is 0 Å². The molecule has 0 fully saturated rings. The number of fused-ring (bicyclic) bond motifs is 2. The van der Waals surface area contributed by atoms with E-state index in [9.17, 15) is 4.79 Å². The summed E-state index contributed by atoms with van der Waals surface area (Å²) in [7, 11) is 0. The standard InChI is InChI=1S/C21H24N2O5/c24-21(23-15-6-7-18-20(12-15)26-11-3-10-25-18)8-9-22-13-16-14-27-17-4-1-2-5-19(17)28-16/h1-2,4-7,12,16,22H,3,8-11,13-14H2,(H,23,24). The normalized spacial score (nSPS) is 17.5. The van der Waals surface area contributed by atoms with Crippen molar-refractivity contribution in [2.45, 2.75) is 18.9 Å².